The molecule has 0 saturated carbocycles. The van der Waals surface area contributed by atoms with Crippen LogP contribution >= 0.6 is 0 Å². The molecule has 0 aliphatic rings. The predicted molar refractivity (Wildman–Crippen MR) is 171 cm³/mol. The van der Waals surface area contributed by atoms with E-state index in [1.807, 2.05) is 0 Å². The molecular weight excluding hydrogens is 484 g/mol. The maximum absolute atomic E-state index is 4.25. The number of hydrogen-bond donors (Lipinski definition) is 0. The summed E-state index contributed by atoms with van der Waals surface area (Å²) in [5.74, 6) is 6.86. The molecule has 0 rings (SSSR count). The normalized spacial score (nSPS) is 15.3. The van der Waals surface area contributed by atoms with Crippen LogP contribution in [0.2, 0.25) is 0 Å². The third kappa shape index (κ3) is 24.1. The van der Waals surface area contributed by atoms with Gasteiger partial charge in [0, 0.05) is 0 Å². The van der Waals surface area contributed by atoms with Gasteiger partial charge in [-0.05, 0) is 54.8 Å². The van der Waals surface area contributed by atoms with Crippen molar-refractivity contribution in [2.75, 3.05) is 0 Å². The van der Waals surface area contributed by atoms with Crippen LogP contribution in [0.25, 0.3) is 0 Å². The summed E-state index contributed by atoms with van der Waals surface area (Å²) in [6, 6.07) is 0. The first-order valence-electron chi connectivity index (χ1n) is 15.3. The zero-order valence-corrected chi connectivity index (χ0v) is 30.6. The van der Waals surface area contributed by atoms with Crippen LogP contribution in [0.5, 0.6) is 0 Å². The van der Waals surface area contributed by atoms with Crippen LogP contribution in [0.15, 0.2) is 0 Å². The molecule has 0 heterocycles. The van der Waals surface area contributed by atoms with Crippen LogP contribution in [0.4, 0.5) is 0 Å². The molecule has 0 aliphatic carbocycles. The summed E-state index contributed by atoms with van der Waals surface area (Å²) < 4.78 is 0. The van der Waals surface area contributed by atoms with Gasteiger partial charge in [-0.15, -0.1) is 0 Å². The largest absolute Gasteiger partial charge is 3.00 e. The first-order chi connectivity index (χ1) is 15.7. The number of hydrogen-bond acceptors (Lipinski definition) is 0. The van der Waals surface area contributed by atoms with Crippen LogP contribution in [-0.4, -0.2) is 0 Å². The average molecular weight is 560 g/mol. The maximum Gasteiger partial charge on any atom is 3.00 e. The molecule has 1 radical (unpaired) electrons. The van der Waals surface area contributed by atoms with E-state index in [1.165, 1.54) is 19.3 Å². The quantitative estimate of drug-likeness (QED) is 0.209. The van der Waals surface area contributed by atoms with Crippen molar-refractivity contribution in [2.24, 2.45) is 69.5 Å². The van der Waals surface area contributed by atoms with E-state index in [0.29, 0.717) is 0 Å². The molecule has 37 heavy (non-hydrogen) atoms. The Morgan fingerprint density at radius 2 is 0.514 bits per heavy atom. The molecule has 0 fully saturated rings. The fraction of sp³-hybridized carbons (Fsp3) is 0.917. The molecule has 3 unspecified atom stereocenters. The van der Waals surface area contributed by atoms with Crippen molar-refractivity contribution >= 4 is 0 Å². The van der Waals surface area contributed by atoms with Crippen LogP contribution in [0.3, 0.4) is 0 Å². The molecule has 1 heteroatoms. The van der Waals surface area contributed by atoms with Crippen molar-refractivity contribution in [3.05, 3.63) is 20.8 Å². The second-order valence-electron chi connectivity index (χ2n) is 16.4. The van der Waals surface area contributed by atoms with Crippen LogP contribution < -0.4 is 0 Å². The van der Waals surface area contributed by atoms with Gasteiger partial charge in [0.05, 0.1) is 0 Å². The van der Waals surface area contributed by atoms with E-state index in [1.54, 1.807) is 0 Å². The zero-order chi connectivity index (χ0) is 29.8. The summed E-state index contributed by atoms with van der Waals surface area (Å²) in [7, 11) is 0. The third-order valence-electron chi connectivity index (χ3n) is 7.60. The molecule has 0 aromatic rings. The van der Waals surface area contributed by atoms with E-state index in [9.17, 15) is 0 Å². The Morgan fingerprint density at radius 3 is 0.541 bits per heavy atom. The van der Waals surface area contributed by atoms with Crippen molar-refractivity contribution in [3.8, 4) is 0 Å². The summed E-state index contributed by atoms with van der Waals surface area (Å²) in [6.45, 7) is 53.8. The van der Waals surface area contributed by atoms with Crippen molar-refractivity contribution < 1.29 is 17.4 Å². The Bertz CT molecular complexity index is 426. The molecular formula is C36H75Cr. The van der Waals surface area contributed by atoms with Crippen molar-refractivity contribution in [1.29, 1.82) is 0 Å². The van der Waals surface area contributed by atoms with Gasteiger partial charge in [0.25, 0.3) is 0 Å². The van der Waals surface area contributed by atoms with Gasteiger partial charge in [0.15, 0.2) is 0 Å². The van der Waals surface area contributed by atoms with Gasteiger partial charge in [-0.1, -0.05) is 142 Å². The van der Waals surface area contributed by atoms with Gasteiger partial charge in [-0.3, -0.25) is 0 Å². The Labute approximate surface area is 250 Å². The van der Waals surface area contributed by atoms with E-state index < -0.39 is 0 Å². The van der Waals surface area contributed by atoms with Crippen LogP contribution in [0.1, 0.15) is 144 Å². The zero-order valence-electron chi connectivity index (χ0n) is 29.3. The van der Waals surface area contributed by atoms with Gasteiger partial charge in [0.1, 0.15) is 0 Å². The second kappa shape index (κ2) is 19.6. The smallest absolute Gasteiger partial charge is 0.337 e. The SMILES string of the molecule is [CH2-]C(C)(C)C(CC(C)C)C(C)C.[CH2-]C(C)(C)C(CC(C)C)C(C)C.[CH2-]C(C)(C)C(CC(C)C)C(C)C.[Cr+3]. The predicted octanol–water partition coefficient (Wildman–Crippen LogP) is 12.5. The van der Waals surface area contributed by atoms with E-state index in [2.05, 4.69) is 145 Å². The fourth-order valence-corrected chi connectivity index (χ4v) is 6.00. The summed E-state index contributed by atoms with van der Waals surface area (Å²) >= 11 is 0. The Hall–Kier alpha value is 0.532. The van der Waals surface area contributed by atoms with E-state index >= 15 is 0 Å². The van der Waals surface area contributed by atoms with Gasteiger partial charge in [-0.2, -0.15) is 16.2 Å². The molecule has 0 bridgehead atoms. The van der Waals surface area contributed by atoms with Crippen LogP contribution in [0, 0.1) is 90.3 Å². The summed E-state index contributed by atoms with van der Waals surface area (Å²) in [5, 5.41) is 0. The maximum atomic E-state index is 4.25. The average Bonchev–Trinajstić information content (AvgIpc) is 2.59. The standard InChI is InChI=1S/3C12H25.Cr/c3*1-9(2)8-11(10(3)4)12(5,6)7;/h3*9-11H,5,8H2,1-4,6-7H3;/q3*-1;+3. The first kappa shape index (κ1) is 44.5. The molecule has 0 aromatic carbocycles. The Morgan fingerprint density at radius 1 is 0.378 bits per heavy atom. The molecule has 0 aliphatic heterocycles. The van der Waals surface area contributed by atoms with E-state index in [-0.39, 0.29) is 33.6 Å². The van der Waals surface area contributed by atoms with E-state index in [4.69, 9.17) is 0 Å². The van der Waals surface area contributed by atoms with Gasteiger partial charge in [-0.25, -0.2) is 0 Å². The summed E-state index contributed by atoms with van der Waals surface area (Å²) in [4.78, 5) is 0. The molecule has 0 spiro atoms. The minimum absolute atomic E-state index is 0. The molecule has 0 aromatic heterocycles. The fourth-order valence-electron chi connectivity index (χ4n) is 6.00. The summed E-state index contributed by atoms with van der Waals surface area (Å²) in [6.07, 6.45) is 3.90. The Kier molecular flexibility index (Phi) is 23.6. The summed E-state index contributed by atoms with van der Waals surface area (Å²) in [5.41, 5.74) is 0.662. The molecule has 0 amide bonds. The van der Waals surface area contributed by atoms with Gasteiger partial charge >= 0.3 is 17.4 Å². The second-order valence-corrected chi connectivity index (χ2v) is 16.4. The van der Waals surface area contributed by atoms with Crippen molar-refractivity contribution in [2.45, 2.75) is 144 Å². The molecule has 0 saturated heterocycles. The molecule has 0 nitrogen and oxygen atoms in total. The van der Waals surface area contributed by atoms with E-state index in [0.717, 1.165) is 53.3 Å². The number of rotatable bonds is 12. The molecule has 225 valence electrons. The van der Waals surface area contributed by atoms with Crippen molar-refractivity contribution in [1.82, 2.24) is 0 Å². The van der Waals surface area contributed by atoms with Gasteiger partial charge < -0.3 is 20.8 Å². The third-order valence-corrected chi connectivity index (χ3v) is 7.60. The van der Waals surface area contributed by atoms with Crippen LogP contribution in [-0.2, 0) is 17.4 Å². The topological polar surface area (TPSA) is 0 Å². The Balaban J connectivity index is -0.000000218. The molecule has 3 atom stereocenters. The molecule has 0 N–H and O–H groups in total. The monoisotopic (exact) mass is 560 g/mol. The first-order valence-corrected chi connectivity index (χ1v) is 15.3. The minimum Gasteiger partial charge on any atom is -0.337 e. The van der Waals surface area contributed by atoms with Crippen molar-refractivity contribution in [3.63, 3.8) is 0 Å². The van der Waals surface area contributed by atoms with Gasteiger partial charge in [0.2, 0.25) is 0 Å². The minimum atomic E-state index is 0.